The first-order valence-corrected chi connectivity index (χ1v) is 0. The van der Waals surface area contributed by atoms with Gasteiger partial charge in [-0.2, -0.15) is 0 Å². The van der Waals surface area contributed by atoms with Gasteiger partial charge in [0.2, 0.25) is 0 Å². The molecule has 0 radical (unpaired) electrons. The maximum absolute atomic E-state index is 0. The molecule has 0 aliphatic heterocycles. The van der Waals surface area contributed by atoms with Crippen LogP contribution in [0.3, 0.4) is 0 Å². The number of rotatable bonds is 0. The second-order valence-corrected chi connectivity index (χ2v) is 0. The normalized spacial score (nSPS) is 0. The van der Waals surface area contributed by atoms with E-state index >= 15 is 0 Å². The molecule has 0 aliphatic carbocycles. The van der Waals surface area contributed by atoms with Gasteiger partial charge in [0.25, 0.3) is 0 Å². The minimum absolute atomic E-state index is 0. The molecule has 0 unspecified atom stereocenters. The van der Waals surface area contributed by atoms with Crippen molar-refractivity contribution in [2.45, 2.75) is 0 Å². The standard InChI is InChI=1S/In.4O.V/q+3;4*-2;+5. The van der Waals surface area contributed by atoms with Crippen LogP contribution in [-0.4, -0.2) is 25.8 Å². The average Bonchev–Trinajstić information content (AvgIpc) is 0. The first-order chi connectivity index (χ1) is 0. The molecule has 6 heavy (non-hydrogen) atoms. The molecule has 4 nitrogen and oxygen atoms in total. The molecule has 0 N–H and O–H groups in total. The van der Waals surface area contributed by atoms with Crippen molar-refractivity contribution in [3.05, 3.63) is 0 Å². The molecule has 0 amide bonds. The Labute approximate surface area is 66.2 Å². The largest absolute Gasteiger partial charge is 5.00 e. The summed E-state index contributed by atoms with van der Waals surface area (Å²) >= 11 is 0. The van der Waals surface area contributed by atoms with Crippen molar-refractivity contribution in [2.75, 3.05) is 0 Å². The summed E-state index contributed by atoms with van der Waals surface area (Å²) < 4.78 is 0. The van der Waals surface area contributed by atoms with E-state index in [9.17, 15) is 0 Å². The summed E-state index contributed by atoms with van der Waals surface area (Å²) in [6, 6.07) is 0. The fourth-order valence-electron chi connectivity index (χ4n) is 0. The van der Waals surface area contributed by atoms with Crippen molar-refractivity contribution in [3.8, 4) is 0 Å². The molecular formula is InO4V. The Morgan fingerprint density at radius 1 is 0.500 bits per heavy atom. The minimum atomic E-state index is 0. The van der Waals surface area contributed by atoms with Gasteiger partial charge < -0.3 is 21.9 Å². The fourth-order valence-corrected chi connectivity index (χ4v) is 0. The Balaban J connectivity index is 0. The molecule has 0 rings (SSSR count). The van der Waals surface area contributed by atoms with Crippen molar-refractivity contribution in [1.82, 2.24) is 0 Å². The van der Waals surface area contributed by atoms with Gasteiger partial charge in [-0.25, -0.2) is 0 Å². The third-order valence-electron chi connectivity index (χ3n) is 0. The number of hydrogen-bond donors (Lipinski definition) is 0. The molecule has 0 heterocycles. The summed E-state index contributed by atoms with van der Waals surface area (Å²) in [7, 11) is 0. The third-order valence-corrected chi connectivity index (χ3v) is 0. The quantitative estimate of drug-likeness (QED) is 0.515. The Hall–Kier alpha value is 1.29. The van der Waals surface area contributed by atoms with Gasteiger partial charge in [-0.1, -0.05) is 0 Å². The van der Waals surface area contributed by atoms with Crippen molar-refractivity contribution in [2.24, 2.45) is 0 Å². The molecule has 0 spiro atoms. The first kappa shape index (κ1) is 172. The minimum Gasteiger partial charge on any atom is -2.00 e. The zero-order valence-corrected chi connectivity index (χ0v) is 7.35. The molecule has 0 aromatic carbocycles. The van der Waals surface area contributed by atoms with E-state index < -0.39 is 0 Å². The van der Waals surface area contributed by atoms with Gasteiger partial charge in [-0.3, -0.25) is 0 Å². The maximum atomic E-state index is 0. The molecule has 0 saturated heterocycles. The van der Waals surface area contributed by atoms with Gasteiger partial charge in [0, 0.05) is 0 Å². The van der Waals surface area contributed by atoms with Crippen molar-refractivity contribution >= 4 is 25.8 Å². The van der Waals surface area contributed by atoms with Gasteiger partial charge in [-0.05, 0) is 0 Å². The molecule has 0 aliphatic rings. The van der Waals surface area contributed by atoms with Crippen LogP contribution in [0.4, 0.5) is 0 Å². The second kappa shape index (κ2) is 105. The summed E-state index contributed by atoms with van der Waals surface area (Å²) in [6.45, 7) is 0. The Bertz CT molecular complexity index is 7.51. The van der Waals surface area contributed by atoms with E-state index in [1.807, 2.05) is 0 Å². The van der Waals surface area contributed by atoms with Crippen LogP contribution < -0.4 is 0 Å². The van der Waals surface area contributed by atoms with Gasteiger partial charge in [0.1, 0.15) is 0 Å². The third kappa shape index (κ3) is 58.3. The summed E-state index contributed by atoms with van der Waals surface area (Å²) in [5, 5.41) is 0. The van der Waals surface area contributed by atoms with E-state index in [0.29, 0.717) is 0 Å². The van der Waals surface area contributed by atoms with Gasteiger partial charge in [0.05, 0.1) is 0 Å². The fraction of sp³-hybridized carbons (Fsp3) is 0. The zero-order chi connectivity index (χ0) is 0. The summed E-state index contributed by atoms with van der Waals surface area (Å²) in [4.78, 5) is 0. The molecule has 32 valence electrons. The molecule has 6 heteroatoms. The topological polar surface area (TPSA) is 114 Å². The van der Waals surface area contributed by atoms with Crippen LogP contribution in [0.2, 0.25) is 0 Å². The second-order valence-electron chi connectivity index (χ2n) is 0. The van der Waals surface area contributed by atoms with E-state index in [2.05, 4.69) is 0 Å². The first-order valence-electron chi connectivity index (χ1n) is 0. The van der Waals surface area contributed by atoms with Crippen molar-refractivity contribution < 1.29 is 40.5 Å². The average molecular weight is 230 g/mol. The Morgan fingerprint density at radius 2 is 0.500 bits per heavy atom. The Kier molecular flexibility index (Phi) is 3030. The predicted molar refractivity (Wildman–Crippen MR) is 8.50 cm³/mol. The van der Waals surface area contributed by atoms with Crippen molar-refractivity contribution in [3.63, 3.8) is 0 Å². The molecular weight excluding hydrogens is 230 g/mol. The van der Waals surface area contributed by atoms with Crippen LogP contribution >= 0.6 is 0 Å². The smallest absolute Gasteiger partial charge is 2.00 e. The number of hydrogen-bond acceptors (Lipinski definition) is 0. The molecule has 0 bridgehead atoms. The van der Waals surface area contributed by atoms with E-state index in [4.69, 9.17) is 0 Å². The summed E-state index contributed by atoms with van der Waals surface area (Å²) in [5.74, 6) is 0. The monoisotopic (exact) mass is 230 g/mol. The van der Waals surface area contributed by atoms with Crippen LogP contribution in [0, 0.1) is 0 Å². The molecule has 0 aromatic rings. The van der Waals surface area contributed by atoms with Crippen LogP contribution in [0.5, 0.6) is 0 Å². The van der Waals surface area contributed by atoms with Crippen LogP contribution in [-0.2, 0) is 40.5 Å². The molecule has 0 fully saturated rings. The van der Waals surface area contributed by atoms with E-state index in [-0.39, 0.29) is 66.3 Å². The predicted octanol–water partition coefficient (Wildman–Crippen LogP) is -0.859. The summed E-state index contributed by atoms with van der Waals surface area (Å²) in [6.07, 6.45) is 0. The maximum Gasteiger partial charge on any atom is 5.00 e. The van der Waals surface area contributed by atoms with E-state index in [1.54, 1.807) is 0 Å². The van der Waals surface area contributed by atoms with Crippen LogP contribution in [0.25, 0.3) is 0 Å². The van der Waals surface area contributed by atoms with Gasteiger partial charge >= 0.3 is 44.4 Å². The molecule has 0 atom stereocenters. The Morgan fingerprint density at radius 3 is 0.500 bits per heavy atom. The van der Waals surface area contributed by atoms with Crippen LogP contribution in [0.15, 0.2) is 0 Å². The zero-order valence-electron chi connectivity index (χ0n) is 2.66. The van der Waals surface area contributed by atoms with Crippen molar-refractivity contribution in [1.29, 1.82) is 0 Å². The van der Waals surface area contributed by atoms with E-state index in [0.717, 1.165) is 0 Å². The SMILES string of the molecule is [In+3].[O-2].[O-2].[O-2].[O-2].[V+5]. The van der Waals surface area contributed by atoms with Gasteiger partial charge in [0.15, 0.2) is 0 Å². The summed E-state index contributed by atoms with van der Waals surface area (Å²) in [5.41, 5.74) is 0. The van der Waals surface area contributed by atoms with Gasteiger partial charge in [-0.15, -0.1) is 0 Å². The van der Waals surface area contributed by atoms with Crippen LogP contribution in [0.1, 0.15) is 0 Å². The molecule has 0 saturated carbocycles. The molecule has 0 aromatic heterocycles. The van der Waals surface area contributed by atoms with E-state index in [1.165, 1.54) is 0 Å².